The van der Waals surface area contributed by atoms with Crippen LogP contribution in [-0.4, -0.2) is 108 Å². The van der Waals surface area contributed by atoms with Gasteiger partial charge in [-0.05, 0) is 62.7 Å². The molecule has 29 nitrogen and oxygen atoms in total. The molecule has 0 spiro atoms. The first kappa shape index (κ1) is 56.7. The van der Waals surface area contributed by atoms with Gasteiger partial charge in [0.25, 0.3) is 31.7 Å². The van der Waals surface area contributed by atoms with Crippen molar-refractivity contribution in [2.24, 2.45) is 0 Å². The number of carboxylic acids is 1. The number of rotatable bonds is 20. The number of H-pyrrole nitrogens is 1. The summed E-state index contributed by atoms with van der Waals surface area (Å²) in [5.74, 6) is -3.39. The van der Waals surface area contributed by atoms with Gasteiger partial charge in [-0.25, -0.2) is 23.3 Å². The predicted octanol–water partition coefficient (Wildman–Crippen LogP) is 3.18. The van der Waals surface area contributed by atoms with E-state index in [4.69, 9.17) is 39.3 Å². The maximum absolute atomic E-state index is 13.6. The molecule has 2 aliphatic heterocycles. The van der Waals surface area contributed by atoms with Crippen molar-refractivity contribution >= 4 is 93.8 Å². The quantitative estimate of drug-likeness (QED) is 0.0101. The van der Waals surface area contributed by atoms with Gasteiger partial charge in [-0.15, -0.1) is 0 Å². The first-order valence-corrected chi connectivity index (χ1v) is 29.5. The molecule has 2 aromatic carbocycles. The zero-order valence-corrected chi connectivity index (χ0v) is 42.7. The summed E-state index contributed by atoms with van der Waals surface area (Å²) in [4.78, 5) is 88.2. The van der Waals surface area contributed by atoms with E-state index in [9.17, 15) is 73.7 Å². The number of hydrogen-bond acceptors (Lipinski definition) is 21. The van der Waals surface area contributed by atoms with Crippen molar-refractivity contribution < 1.29 is 101 Å². The van der Waals surface area contributed by atoms with Crippen LogP contribution in [0.1, 0.15) is 52.8 Å². The van der Waals surface area contributed by atoms with Crippen LogP contribution in [0.2, 0.25) is 0 Å². The fraction of sp³-hybridized carbons (Fsp3) is 0.306. The molecule has 0 radical (unpaired) electrons. The van der Waals surface area contributed by atoms with Crippen LogP contribution in [0.5, 0.6) is 0 Å². The van der Waals surface area contributed by atoms with E-state index in [1.54, 1.807) is 13.8 Å². The Kier molecular flexibility index (Phi) is 16.5. The number of nitrogens with zero attached hydrogens (tertiary/aromatic N) is 1. The van der Waals surface area contributed by atoms with Gasteiger partial charge in [-0.2, -0.15) is 25.5 Å². The Balaban J connectivity index is 1.18. The summed E-state index contributed by atoms with van der Waals surface area (Å²) in [6, 6.07) is 7.67. The summed E-state index contributed by atoms with van der Waals surface area (Å²) in [6.45, 7) is 3.78. The number of ether oxygens (including phenoxy) is 2. The highest BCUT2D eigenvalue weighted by Crippen LogP contribution is 2.66. The van der Waals surface area contributed by atoms with Crippen molar-refractivity contribution in [3.8, 4) is 22.5 Å². The molecule has 5 atom stereocenters. The number of benzene rings is 3. The van der Waals surface area contributed by atoms with Crippen molar-refractivity contribution in [3.05, 3.63) is 91.5 Å². The Labute approximate surface area is 412 Å². The third kappa shape index (κ3) is 13.4. The minimum absolute atomic E-state index is 0.0807. The average molecular weight is 1150 g/mol. The van der Waals surface area contributed by atoms with E-state index in [0.717, 1.165) is 45.7 Å². The third-order valence-corrected chi connectivity index (χ3v) is 18.6. The second-order valence-electron chi connectivity index (χ2n) is 15.9. The number of aromatic amines is 1. The number of carboxylic acid groups (broad SMARTS) is 1. The number of aromatic nitrogens is 2. The monoisotopic (exact) mass is 1150 g/mol. The van der Waals surface area contributed by atoms with Gasteiger partial charge in [0.05, 0.1) is 29.3 Å². The molecular formula is C36H40N5O24P3S4. The van der Waals surface area contributed by atoms with Crippen LogP contribution in [0, 0.1) is 12.3 Å². The number of phosphoric acid groups is 3. The number of phosphoric ester groups is 1. The van der Waals surface area contributed by atoms with Gasteiger partial charge in [-0.3, -0.25) is 38.2 Å². The zero-order chi connectivity index (χ0) is 53.7. The molecule has 2 unspecified atom stereocenters. The number of aryl methyl sites for hydroxylation is 1. The Morgan fingerprint density at radius 3 is 2.25 bits per heavy atom. The predicted molar refractivity (Wildman–Crippen MR) is 251 cm³/mol. The molecular weight excluding hydrogens is 1110 g/mol. The lowest BCUT2D eigenvalue weighted by Gasteiger charge is -2.25. The van der Waals surface area contributed by atoms with Crippen LogP contribution in [0.3, 0.4) is 0 Å². The molecule has 3 aromatic rings. The van der Waals surface area contributed by atoms with E-state index < -0.39 is 134 Å². The van der Waals surface area contributed by atoms with Gasteiger partial charge in [-0.1, -0.05) is 27.7 Å². The topological polar surface area (TPSA) is 471 Å². The molecule has 1 saturated heterocycles. The minimum atomic E-state index is -5.87. The maximum atomic E-state index is 13.6. The normalized spacial score (nSPS) is 18.5. The molecule has 3 heterocycles. The molecule has 1 fully saturated rings. The molecule has 36 heteroatoms. The molecule has 12 N–H and O–H groups in total. The molecule has 392 valence electrons. The van der Waals surface area contributed by atoms with E-state index in [-0.39, 0.29) is 52.1 Å². The first-order chi connectivity index (χ1) is 33.1. The lowest BCUT2D eigenvalue weighted by molar-refractivity contribution is -0.0543. The highest BCUT2D eigenvalue weighted by Gasteiger charge is 2.44. The van der Waals surface area contributed by atoms with E-state index in [1.165, 1.54) is 36.0 Å². The van der Waals surface area contributed by atoms with Crippen molar-refractivity contribution in [2.45, 2.75) is 60.2 Å². The molecule has 0 bridgehead atoms. The van der Waals surface area contributed by atoms with Gasteiger partial charge in [0.1, 0.15) is 18.3 Å². The summed E-state index contributed by atoms with van der Waals surface area (Å²) in [7, 11) is -25.4. The highest BCUT2D eigenvalue weighted by atomic mass is 33.1. The maximum Gasteiger partial charge on any atom is 0.490 e. The molecule has 1 aromatic heterocycles. The Hall–Kier alpha value is -4.60. The molecule has 72 heavy (non-hydrogen) atoms. The van der Waals surface area contributed by atoms with Crippen molar-refractivity contribution in [1.29, 1.82) is 5.41 Å². The number of anilines is 1. The molecule has 6 rings (SSSR count). The van der Waals surface area contributed by atoms with E-state index in [1.807, 2.05) is 0 Å². The Morgan fingerprint density at radius 2 is 1.62 bits per heavy atom. The summed E-state index contributed by atoms with van der Waals surface area (Å²) in [6.07, 6.45) is -2.57. The standard InChI is InChI=1S/C36H40N5O24P3S4/c1-16-12-41(35(46)40-32(16)42)26-11-24(25(62-26)13-61-67(50,51)65-68(52,53)64-66(47,48)49)60-15-69-70-36(2,3)14-39-33(43)17-4-5-18(21(10-17)34(44)45)27-19-6-8-22(37)30(71(54,55)56)28(19)63-29-20(27)7-9-23(38)31(29)72(57,58)59/h4-10,12,24-26,37H,11,13-15,38H2,1-3H3,(H,39,43)(H,44,45)(H,50,51)(H,52,53)(H,40,42,46)(H2,47,48,49)(H,54,55,56)(H,57,58,59)/t24-,25-,26-/m1/s1. The Morgan fingerprint density at radius 1 is 0.972 bits per heavy atom. The lowest BCUT2D eigenvalue weighted by Crippen LogP contribution is -2.36. The smallest absolute Gasteiger partial charge is 0.478 e. The van der Waals surface area contributed by atoms with E-state index >= 15 is 0 Å². The van der Waals surface area contributed by atoms with Crippen LogP contribution >= 0.6 is 45.1 Å². The van der Waals surface area contributed by atoms with Crippen molar-refractivity contribution in [1.82, 2.24) is 14.9 Å². The number of fused-ring (bicyclic) bond motifs is 2. The Bertz CT molecular complexity index is 3540. The number of carbonyl (C=O) groups is 2. The van der Waals surface area contributed by atoms with Gasteiger partial charge in [0.15, 0.2) is 21.1 Å². The number of nitrogens with two attached hydrogens (primary N) is 1. The fourth-order valence-electron chi connectivity index (χ4n) is 7.07. The number of carbonyl (C=O) groups excluding carboxylic acids is 1. The van der Waals surface area contributed by atoms with Crippen molar-refractivity contribution in [2.75, 3.05) is 24.8 Å². The molecule has 0 saturated carbocycles. The van der Waals surface area contributed by atoms with Gasteiger partial charge < -0.3 is 49.6 Å². The molecule has 1 aliphatic carbocycles. The largest absolute Gasteiger partial charge is 0.490 e. The number of aromatic carboxylic acids is 1. The number of hydrogen-bond donors (Lipinski definition) is 11. The van der Waals surface area contributed by atoms with Crippen LogP contribution in [0.4, 0.5) is 5.69 Å². The van der Waals surface area contributed by atoms with Gasteiger partial charge >= 0.3 is 35.1 Å². The van der Waals surface area contributed by atoms with Gasteiger partial charge in [0, 0.05) is 51.5 Å². The average Bonchev–Trinajstić information content (AvgIpc) is 3.64. The third-order valence-electron chi connectivity index (χ3n) is 10.0. The summed E-state index contributed by atoms with van der Waals surface area (Å²) < 4.78 is 135. The summed E-state index contributed by atoms with van der Waals surface area (Å²) >= 11 is 0. The summed E-state index contributed by atoms with van der Waals surface area (Å²) in [5, 5.41) is 20.3. The number of nitrogen functional groups attached to an aromatic ring is 1. The fourth-order valence-corrected chi connectivity index (χ4v) is 13.8. The van der Waals surface area contributed by atoms with Crippen LogP contribution in [0.15, 0.2) is 72.5 Å². The first-order valence-electron chi connectivity index (χ1n) is 19.7. The second kappa shape index (κ2) is 21.0. The second-order valence-corrected chi connectivity index (χ2v) is 26.0. The van der Waals surface area contributed by atoms with Crippen LogP contribution in [0.25, 0.3) is 33.4 Å². The summed E-state index contributed by atoms with van der Waals surface area (Å²) in [5.41, 5.74) is 1.58. The SMILES string of the molecule is Cc1cn([C@H]2C[C@@H](OCSSC(C)(C)CNC(=O)c3ccc(-c4c5ccc(=N)c(S(=O)(=O)O)c-5oc5c(S(=O)(=O)O)c(N)ccc45)c(C(=O)O)c3)[C@@H](COP(=O)(O)OP(=O)(O)OP(=O)(O)O)O2)c(=O)[nH]c1=O. The molecule has 1 amide bonds. The molecule has 3 aliphatic rings. The zero-order valence-electron chi connectivity index (χ0n) is 36.7. The highest BCUT2D eigenvalue weighted by molar-refractivity contribution is 8.77. The van der Waals surface area contributed by atoms with E-state index in [0.29, 0.717) is 0 Å². The van der Waals surface area contributed by atoms with Crippen LogP contribution in [-0.2, 0) is 56.6 Å². The number of amides is 1. The van der Waals surface area contributed by atoms with Crippen molar-refractivity contribution in [3.63, 3.8) is 0 Å². The lowest BCUT2D eigenvalue weighted by atomic mass is 9.89. The van der Waals surface area contributed by atoms with Crippen LogP contribution < -0.4 is 27.7 Å². The van der Waals surface area contributed by atoms with Gasteiger partial charge in [0.2, 0.25) is 0 Å². The number of nitrogens with one attached hydrogen (secondary N) is 3. The minimum Gasteiger partial charge on any atom is -0.478 e. The van der Waals surface area contributed by atoms with E-state index in [2.05, 4.69) is 18.9 Å².